The van der Waals surface area contributed by atoms with Crippen LogP contribution in [0.15, 0.2) is 72.8 Å². The Morgan fingerprint density at radius 1 is 0.806 bits per heavy atom. The molecule has 0 atom stereocenters. The molecule has 0 bridgehead atoms. The molecule has 0 aliphatic rings. The van der Waals surface area contributed by atoms with E-state index in [1.165, 1.54) is 18.2 Å². The van der Waals surface area contributed by atoms with Crippen LogP contribution in [0, 0.1) is 5.82 Å². The highest BCUT2D eigenvalue weighted by molar-refractivity contribution is 6.04. The molecule has 0 heterocycles. The van der Waals surface area contributed by atoms with Crippen molar-refractivity contribution in [3.63, 3.8) is 0 Å². The zero-order valence-corrected chi connectivity index (χ0v) is 16.0. The Morgan fingerprint density at radius 3 is 2.13 bits per heavy atom. The third kappa shape index (κ3) is 6.05. The first kappa shape index (κ1) is 21.8. The maximum atomic E-state index is 13.5. The number of hydrogen-bond acceptors (Lipinski definition) is 3. The number of alkyl halides is 3. The minimum atomic E-state index is -4.73. The average molecular weight is 431 g/mol. The van der Waals surface area contributed by atoms with Crippen molar-refractivity contribution in [3.05, 3.63) is 89.7 Å². The van der Waals surface area contributed by atoms with Gasteiger partial charge in [0, 0.05) is 22.6 Å². The fraction of sp³-hybridized carbons (Fsp3) is 0.0909. The van der Waals surface area contributed by atoms with E-state index in [4.69, 9.17) is 0 Å². The number of hydrogen-bond donors (Lipinski definition) is 3. The normalized spacial score (nSPS) is 11.0. The van der Waals surface area contributed by atoms with E-state index in [1.807, 2.05) is 0 Å². The van der Waals surface area contributed by atoms with Gasteiger partial charge in [-0.3, -0.25) is 9.59 Å². The summed E-state index contributed by atoms with van der Waals surface area (Å²) in [6, 6.07) is 16.2. The molecule has 3 aromatic rings. The highest BCUT2D eigenvalue weighted by Crippen LogP contribution is 2.36. The molecule has 0 saturated heterocycles. The number of amides is 2. The molecule has 3 aromatic carbocycles. The van der Waals surface area contributed by atoms with Gasteiger partial charge in [0.1, 0.15) is 5.82 Å². The van der Waals surface area contributed by atoms with Crippen molar-refractivity contribution in [1.82, 2.24) is 0 Å². The Morgan fingerprint density at radius 2 is 1.48 bits per heavy atom. The molecule has 5 nitrogen and oxygen atoms in total. The molecule has 3 N–H and O–H groups in total. The molecule has 0 spiro atoms. The highest BCUT2D eigenvalue weighted by atomic mass is 19.4. The molecular formula is C22H17F4N3O2. The Bertz CT molecular complexity index is 1070. The molecule has 0 unspecified atom stereocenters. The van der Waals surface area contributed by atoms with Crippen molar-refractivity contribution in [1.29, 1.82) is 0 Å². The summed E-state index contributed by atoms with van der Waals surface area (Å²) in [6.07, 6.45) is -4.73. The van der Waals surface area contributed by atoms with Crippen molar-refractivity contribution < 1.29 is 27.2 Å². The van der Waals surface area contributed by atoms with E-state index < -0.39 is 29.4 Å². The number of benzene rings is 3. The van der Waals surface area contributed by atoms with Gasteiger partial charge >= 0.3 is 6.18 Å². The highest BCUT2D eigenvalue weighted by Gasteiger charge is 2.34. The van der Waals surface area contributed by atoms with Gasteiger partial charge in [-0.2, -0.15) is 13.2 Å². The molecule has 160 valence electrons. The average Bonchev–Trinajstić information content (AvgIpc) is 2.73. The minimum Gasteiger partial charge on any atom is -0.376 e. The summed E-state index contributed by atoms with van der Waals surface area (Å²) in [5.74, 6) is -1.74. The predicted molar refractivity (Wildman–Crippen MR) is 109 cm³/mol. The maximum absolute atomic E-state index is 13.5. The van der Waals surface area contributed by atoms with Crippen LogP contribution in [0.1, 0.15) is 15.9 Å². The van der Waals surface area contributed by atoms with Gasteiger partial charge in [-0.1, -0.05) is 18.2 Å². The minimum absolute atomic E-state index is 0.0924. The number of nitrogens with one attached hydrogen (secondary N) is 3. The van der Waals surface area contributed by atoms with Gasteiger partial charge in [0.05, 0.1) is 12.1 Å². The van der Waals surface area contributed by atoms with Crippen LogP contribution in [0.25, 0.3) is 0 Å². The second kappa shape index (κ2) is 9.29. The maximum Gasteiger partial charge on any atom is 0.418 e. The molecule has 2 amide bonds. The second-order valence-electron chi connectivity index (χ2n) is 6.49. The van der Waals surface area contributed by atoms with Crippen LogP contribution < -0.4 is 16.0 Å². The lowest BCUT2D eigenvalue weighted by atomic mass is 10.1. The first-order chi connectivity index (χ1) is 14.7. The van der Waals surface area contributed by atoms with Crippen molar-refractivity contribution >= 4 is 28.9 Å². The van der Waals surface area contributed by atoms with Crippen molar-refractivity contribution in [2.24, 2.45) is 0 Å². The smallest absolute Gasteiger partial charge is 0.376 e. The first-order valence-electron chi connectivity index (χ1n) is 9.09. The molecular weight excluding hydrogens is 414 g/mol. The number of anilines is 3. The van der Waals surface area contributed by atoms with Gasteiger partial charge in [0.25, 0.3) is 5.91 Å². The van der Waals surface area contributed by atoms with E-state index in [9.17, 15) is 27.2 Å². The number of rotatable bonds is 6. The number of halogens is 4. The standard InChI is InChI=1S/C22H17F4N3O2/c23-15-8-6-14(7-9-15)21(31)29-17-10-11-19(18(12-17)22(24,25)26)27-13-20(30)28-16-4-2-1-3-5-16/h1-12,27H,13H2,(H,28,30)(H,29,31). The van der Waals surface area contributed by atoms with E-state index in [0.29, 0.717) is 5.69 Å². The number of para-hydroxylation sites is 1. The van der Waals surface area contributed by atoms with Crippen LogP contribution in [0.3, 0.4) is 0 Å². The van der Waals surface area contributed by atoms with Crippen LogP contribution in [0.4, 0.5) is 34.6 Å². The van der Waals surface area contributed by atoms with Crippen molar-refractivity contribution in [3.8, 4) is 0 Å². The van der Waals surface area contributed by atoms with E-state index in [0.717, 1.165) is 24.3 Å². The van der Waals surface area contributed by atoms with Crippen LogP contribution in [0.2, 0.25) is 0 Å². The van der Waals surface area contributed by atoms with Gasteiger partial charge in [-0.15, -0.1) is 0 Å². The van der Waals surface area contributed by atoms with E-state index >= 15 is 0 Å². The van der Waals surface area contributed by atoms with Gasteiger partial charge in [-0.05, 0) is 54.6 Å². The summed E-state index contributed by atoms with van der Waals surface area (Å²) in [5.41, 5.74) is -0.840. The molecule has 0 aliphatic heterocycles. The topological polar surface area (TPSA) is 70.2 Å². The Balaban J connectivity index is 1.71. The zero-order valence-electron chi connectivity index (χ0n) is 16.0. The Labute approximate surface area is 175 Å². The van der Waals surface area contributed by atoms with Crippen LogP contribution in [0.5, 0.6) is 0 Å². The molecule has 0 saturated carbocycles. The molecule has 3 rings (SSSR count). The molecule has 31 heavy (non-hydrogen) atoms. The summed E-state index contributed by atoms with van der Waals surface area (Å²) >= 11 is 0. The second-order valence-corrected chi connectivity index (χ2v) is 6.49. The number of carbonyl (C=O) groups is 2. The summed E-state index contributed by atoms with van der Waals surface area (Å²) in [7, 11) is 0. The number of carbonyl (C=O) groups excluding carboxylic acids is 2. The summed E-state index contributed by atoms with van der Waals surface area (Å²) < 4.78 is 53.5. The van der Waals surface area contributed by atoms with E-state index in [2.05, 4.69) is 16.0 Å². The SMILES string of the molecule is O=C(CNc1ccc(NC(=O)c2ccc(F)cc2)cc1C(F)(F)F)Nc1ccccc1. The van der Waals surface area contributed by atoms with E-state index in [1.54, 1.807) is 30.3 Å². The largest absolute Gasteiger partial charge is 0.418 e. The lowest BCUT2D eigenvalue weighted by Gasteiger charge is -2.16. The van der Waals surface area contributed by atoms with Crippen molar-refractivity contribution in [2.75, 3.05) is 22.5 Å². The Kier molecular flexibility index (Phi) is 6.54. The Hall–Kier alpha value is -3.88. The monoisotopic (exact) mass is 431 g/mol. The summed E-state index contributed by atoms with van der Waals surface area (Å²) in [5, 5.41) is 7.38. The van der Waals surface area contributed by atoms with Gasteiger partial charge < -0.3 is 16.0 Å². The predicted octanol–water partition coefficient (Wildman–Crippen LogP) is 5.15. The fourth-order valence-corrected chi connectivity index (χ4v) is 2.72. The quantitative estimate of drug-likeness (QED) is 0.473. The first-order valence-corrected chi connectivity index (χ1v) is 9.09. The summed E-state index contributed by atoms with van der Waals surface area (Å²) in [6.45, 7) is -0.390. The molecule has 0 aliphatic carbocycles. The van der Waals surface area contributed by atoms with Gasteiger partial charge in [0.15, 0.2) is 0 Å². The van der Waals surface area contributed by atoms with Crippen molar-refractivity contribution in [2.45, 2.75) is 6.18 Å². The third-order valence-electron chi connectivity index (χ3n) is 4.19. The van der Waals surface area contributed by atoms with Crippen LogP contribution >= 0.6 is 0 Å². The fourth-order valence-electron chi connectivity index (χ4n) is 2.72. The van der Waals surface area contributed by atoms with Crippen LogP contribution in [-0.2, 0) is 11.0 Å². The molecule has 0 aromatic heterocycles. The van der Waals surface area contributed by atoms with Gasteiger partial charge in [-0.25, -0.2) is 4.39 Å². The third-order valence-corrected chi connectivity index (χ3v) is 4.19. The zero-order chi connectivity index (χ0) is 22.4. The van der Waals surface area contributed by atoms with Gasteiger partial charge in [0.2, 0.25) is 5.91 Å². The summed E-state index contributed by atoms with van der Waals surface area (Å²) in [4.78, 5) is 24.2. The van der Waals surface area contributed by atoms with Crippen LogP contribution in [-0.4, -0.2) is 18.4 Å². The lowest BCUT2D eigenvalue weighted by Crippen LogP contribution is -2.23. The molecule has 0 radical (unpaired) electrons. The lowest BCUT2D eigenvalue weighted by molar-refractivity contribution is -0.137. The van der Waals surface area contributed by atoms with E-state index in [-0.39, 0.29) is 23.5 Å². The molecule has 9 heteroatoms. The molecule has 0 fully saturated rings.